The fraction of sp³-hybridized carbons (Fsp3) is 0.292. The Bertz CT molecular complexity index is 958. The van der Waals surface area contributed by atoms with Gasteiger partial charge in [-0.05, 0) is 37.3 Å². The molecule has 1 fully saturated rings. The van der Waals surface area contributed by atoms with E-state index in [4.69, 9.17) is 16.0 Å². The quantitative estimate of drug-likeness (QED) is 0.671. The van der Waals surface area contributed by atoms with Crippen LogP contribution >= 0.6 is 11.6 Å². The van der Waals surface area contributed by atoms with Gasteiger partial charge in [0.15, 0.2) is 0 Å². The largest absolute Gasteiger partial charge is 0.461 e. The minimum Gasteiger partial charge on any atom is -0.461 e. The fourth-order valence-electron chi connectivity index (χ4n) is 3.96. The second kappa shape index (κ2) is 8.85. The maximum atomic E-state index is 12.8. The van der Waals surface area contributed by atoms with Crippen LogP contribution in [-0.4, -0.2) is 25.0 Å². The highest BCUT2D eigenvalue weighted by Gasteiger charge is 2.25. The number of furan rings is 1. The van der Waals surface area contributed by atoms with Crippen molar-refractivity contribution in [2.45, 2.75) is 32.4 Å². The van der Waals surface area contributed by atoms with Crippen LogP contribution in [-0.2, 0) is 6.54 Å². The standard InChI is InChI=1S/C24H25ClN2O2/c1-17-22(15-23(29-17)19-7-9-20(25)10-8-19)24(28)26-21-11-13-27(14-12-21)16-18-5-3-2-4-6-18/h2-10,15,21H,11-14,16H2,1H3,(H,26,28)/p+1. The molecule has 1 aromatic heterocycles. The molecule has 0 bridgehead atoms. The summed E-state index contributed by atoms with van der Waals surface area (Å²) in [5, 5.41) is 3.88. The summed E-state index contributed by atoms with van der Waals surface area (Å²) >= 11 is 5.95. The molecular formula is C24H26ClN2O2+. The van der Waals surface area contributed by atoms with Crippen LogP contribution in [0.25, 0.3) is 11.3 Å². The summed E-state index contributed by atoms with van der Waals surface area (Å²) in [5.41, 5.74) is 2.89. The van der Waals surface area contributed by atoms with E-state index in [1.807, 2.05) is 37.3 Å². The first-order valence-electron chi connectivity index (χ1n) is 10.1. The maximum absolute atomic E-state index is 12.8. The number of carbonyl (C=O) groups excluding carboxylic acids is 1. The molecule has 2 heterocycles. The molecule has 0 saturated carbocycles. The van der Waals surface area contributed by atoms with E-state index in [0.29, 0.717) is 22.1 Å². The van der Waals surface area contributed by atoms with Gasteiger partial charge in [-0.25, -0.2) is 0 Å². The van der Waals surface area contributed by atoms with Crippen LogP contribution in [0, 0.1) is 6.92 Å². The predicted octanol–water partition coefficient (Wildman–Crippen LogP) is 3.89. The molecule has 0 aliphatic carbocycles. The number of halogens is 1. The van der Waals surface area contributed by atoms with Crippen molar-refractivity contribution < 1.29 is 14.1 Å². The van der Waals surface area contributed by atoms with Crippen LogP contribution in [0.1, 0.15) is 34.5 Å². The van der Waals surface area contributed by atoms with Gasteiger partial charge in [0.05, 0.1) is 18.7 Å². The molecule has 2 aromatic carbocycles. The third-order valence-corrected chi connectivity index (χ3v) is 5.87. The number of hydrogen-bond acceptors (Lipinski definition) is 2. The summed E-state index contributed by atoms with van der Waals surface area (Å²) in [7, 11) is 0. The van der Waals surface area contributed by atoms with Crippen LogP contribution in [0.2, 0.25) is 5.02 Å². The van der Waals surface area contributed by atoms with Gasteiger partial charge >= 0.3 is 0 Å². The van der Waals surface area contributed by atoms with Crippen molar-refractivity contribution in [3.8, 4) is 11.3 Å². The van der Waals surface area contributed by atoms with Gasteiger partial charge in [-0.3, -0.25) is 4.79 Å². The molecule has 1 amide bonds. The molecule has 3 aromatic rings. The number of benzene rings is 2. The van der Waals surface area contributed by atoms with Crippen LogP contribution in [0.4, 0.5) is 0 Å². The summed E-state index contributed by atoms with van der Waals surface area (Å²) in [5.74, 6) is 1.27. The summed E-state index contributed by atoms with van der Waals surface area (Å²) in [6, 6.07) is 20.1. The van der Waals surface area contributed by atoms with E-state index in [1.165, 1.54) is 5.56 Å². The molecule has 1 aliphatic rings. The highest BCUT2D eigenvalue weighted by molar-refractivity contribution is 6.30. The lowest BCUT2D eigenvalue weighted by Crippen LogP contribution is -3.12. The predicted molar refractivity (Wildman–Crippen MR) is 115 cm³/mol. The van der Waals surface area contributed by atoms with E-state index in [-0.39, 0.29) is 11.9 Å². The Kier molecular flexibility index (Phi) is 6.02. The first kappa shape index (κ1) is 19.7. The number of likely N-dealkylation sites (tertiary alicyclic amines) is 1. The van der Waals surface area contributed by atoms with E-state index in [1.54, 1.807) is 4.90 Å². The van der Waals surface area contributed by atoms with Gasteiger partial charge in [-0.15, -0.1) is 0 Å². The Morgan fingerprint density at radius 3 is 2.48 bits per heavy atom. The zero-order valence-electron chi connectivity index (χ0n) is 16.6. The topological polar surface area (TPSA) is 46.7 Å². The molecule has 0 spiro atoms. The second-order valence-corrected chi connectivity index (χ2v) is 8.18. The molecule has 5 heteroatoms. The molecule has 0 atom stereocenters. The second-order valence-electron chi connectivity index (χ2n) is 7.75. The number of aryl methyl sites for hydroxylation is 1. The smallest absolute Gasteiger partial charge is 0.255 e. The van der Waals surface area contributed by atoms with E-state index >= 15 is 0 Å². The molecule has 1 aliphatic heterocycles. The summed E-state index contributed by atoms with van der Waals surface area (Å²) < 4.78 is 5.83. The minimum atomic E-state index is -0.0528. The summed E-state index contributed by atoms with van der Waals surface area (Å²) in [4.78, 5) is 14.4. The van der Waals surface area contributed by atoms with Crippen molar-refractivity contribution in [3.63, 3.8) is 0 Å². The number of carbonyl (C=O) groups is 1. The van der Waals surface area contributed by atoms with E-state index < -0.39 is 0 Å². The molecule has 4 nitrogen and oxygen atoms in total. The fourth-order valence-corrected chi connectivity index (χ4v) is 4.08. The van der Waals surface area contributed by atoms with Crippen molar-refractivity contribution in [3.05, 3.63) is 82.6 Å². The molecule has 0 unspecified atom stereocenters. The lowest BCUT2D eigenvalue weighted by molar-refractivity contribution is -0.918. The van der Waals surface area contributed by atoms with Crippen LogP contribution in [0.15, 0.2) is 65.1 Å². The van der Waals surface area contributed by atoms with Crippen LogP contribution in [0.5, 0.6) is 0 Å². The first-order chi connectivity index (χ1) is 14.1. The van der Waals surface area contributed by atoms with Gasteiger partial charge < -0.3 is 14.6 Å². The zero-order chi connectivity index (χ0) is 20.2. The van der Waals surface area contributed by atoms with Gasteiger partial charge in [-0.1, -0.05) is 41.9 Å². The normalized spacial score (nSPS) is 19.1. The van der Waals surface area contributed by atoms with Crippen molar-refractivity contribution in [1.29, 1.82) is 0 Å². The summed E-state index contributed by atoms with van der Waals surface area (Å²) in [6.07, 6.45) is 1.99. The van der Waals surface area contributed by atoms with Crippen molar-refractivity contribution in [2.24, 2.45) is 0 Å². The number of amides is 1. The lowest BCUT2D eigenvalue weighted by atomic mass is 10.0. The average Bonchev–Trinajstić information content (AvgIpc) is 3.12. The molecule has 0 radical (unpaired) electrons. The average molecular weight is 410 g/mol. The third-order valence-electron chi connectivity index (χ3n) is 5.62. The van der Waals surface area contributed by atoms with Crippen molar-refractivity contribution >= 4 is 17.5 Å². The Hall–Kier alpha value is -2.56. The first-order valence-corrected chi connectivity index (χ1v) is 10.5. The van der Waals surface area contributed by atoms with Crippen molar-refractivity contribution in [1.82, 2.24) is 5.32 Å². The Morgan fingerprint density at radius 1 is 1.10 bits per heavy atom. The number of hydrogen-bond donors (Lipinski definition) is 2. The highest BCUT2D eigenvalue weighted by atomic mass is 35.5. The van der Waals surface area contributed by atoms with Gasteiger partial charge in [0, 0.05) is 35.0 Å². The maximum Gasteiger partial charge on any atom is 0.255 e. The van der Waals surface area contributed by atoms with E-state index in [9.17, 15) is 4.79 Å². The Morgan fingerprint density at radius 2 is 1.79 bits per heavy atom. The Balaban J connectivity index is 1.34. The minimum absolute atomic E-state index is 0.0528. The highest BCUT2D eigenvalue weighted by Crippen LogP contribution is 2.26. The molecule has 29 heavy (non-hydrogen) atoms. The summed E-state index contributed by atoms with van der Waals surface area (Å²) in [6.45, 7) is 5.02. The van der Waals surface area contributed by atoms with Crippen LogP contribution in [0.3, 0.4) is 0 Å². The molecule has 4 rings (SSSR count). The Labute approximate surface area is 176 Å². The van der Waals surface area contributed by atoms with Crippen LogP contribution < -0.4 is 10.2 Å². The number of rotatable bonds is 5. The van der Waals surface area contributed by atoms with Crippen molar-refractivity contribution in [2.75, 3.05) is 13.1 Å². The number of piperidine rings is 1. The molecule has 1 saturated heterocycles. The van der Waals surface area contributed by atoms with E-state index in [2.05, 4.69) is 35.6 Å². The van der Waals surface area contributed by atoms with Gasteiger partial charge in [0.25, 0.3) is 5.91 Å². The van der Waals surface area contributed by atoms with Gasteiger partial charge in [0.2, 0.25) is 0 Å². The van der Waals surface area contributed by atoms with E-state index in [0.717, 1.165) is 38.0 Å². The third kappa shape index (κ3) is 4.89. The number of quaternary nitrogens is 1. The zero-order valence-corrected chi connectivity index (χ0v) is 17.3. The lowest BCUT2D eigenvalue weighted by Gasteiger charge is -2.29. The van der Waals surface area contributed by atoms with Gasteiger partial charge in [-0.2, -0.15) is 0 Å². The number of nitrogens with one attached hydrogen (secondary N) is 2. The molecular weight excluding hydrogens is 384 g/mol. The molecule has 2 N–H and O–H groups in total. The SMILES string of the molecule is Cc1oc(-c2ccc(Cl)cc2)cc1C(=O)NC1CC[NH+](Cc2ccccc2)CC1. The monoisotopic (exact) mass is 409 g/mol. The molecule has 150 valence electrons. The van der Waals surface area contributed by atoms with Gasteiger partial charge in [0.1, 0.15) is 18.1 Å².